The molecule has 0 radical (unpaired) electrons. The summed E-state index contributed by atoms with van der Waals surface area (Å²) >= 11 is 0. The van der Waals surface area contributed by atoms with E-state index < -0.39 is 0 Å². The molecule has 4 nitrogen and oxygen atoms in total. The summed E-state index contributed by atoms with van der Waals surface area (Å²) in [6, 6.07) is 14.8. The van der Waals surface area contributed by atoms with Crippen LogP contribution in [0.2, 0.25) is 0 Å². The highest BCUT2D eigenvalue weighted by Gasteiger charge is 2.26. The second kappa shape index (κ2) is 5.42. The van der Waals surface area contributed by atoms with Gasteiger partial charge in [0.25, 0.3) is 5.56 Å². The Morgan fingerprint density at radius 2 is 1.58 bits per heavy atom. The lowest BCUT2D eigenvalue weighted by Crippen LogP contribution is -2.27. The van der Waals surface area contributed by atoms with Crippen LogP contribution in [0.3, 0.4) is 0 Å². The molecule has 0 spiro atoms. The summed E-state index contributed by atoms with van der Waals surface area (Å²) in [5, 5.41) is 0.888. The molecule has 1 aliphatic carbocycles. The molecule has 0 aliphatic heterocycles. The van der Waals surface area contributed by atoms with E-state index in [1.807, 2.05) is 61.5 Å². The van der Waals surface area contributed by atoms with Crippen molar-refractivity contribution < 1.29 is 4.79 Å². The molecule has 1 aliphatic rings. The van der Waals surface area contributed by atoms with Gasteiger partial charge in [-0.25, -0.2) is 0 Å². The zero-order chi connectivity index (χ0) is 16.8. The Balaban J connectivity index is 2.07. The molecule has 0 atom stereocenters. The molecule has 0 unspecified atom stereocenters. The SMILES string of the molecule is CN(C)CCn1c(=O)cc2c3c(cccc31)C(=O)c1ccccc1-2. The summed E-state index contributed by atoms with van der Waals surface area (Å²) in [7, 11) is 3.96. The highest BCUT2D eigenvalue weighted by Crippen LogP contribution is 2.38. The molecule has 0 saturated heterocycles. The van der Waals surface area contributed by atoms with Gasteiger partial charge in [0.15, 0.2) is 5.78 Å². The van der Waals surface area contributed by atoms with Crippen molar-refractivity contribution in [3.63, 3.8) is 0 Å². The van der Waals surface area contributed by atoms with Crippen molar-refractivity contribution in [2.24, 2.45) is 0 Å². The smallest absolute Gasteiger partial charge is 0.251 e. The molecular formula is C20H18N2O2. The van der Waals surface area contributed by atoms with Gasteiger partial charge in [0.2, 0.25) is 0 Å². The van der Waals surface area contributed by atoms with E-state index in [1.165, 1.54) is 0 Å². The molecule has 3 aromatic rings. The Labute approximate surface area is 140 Å². The predicted molar refractivity (Wildman–Crippen MR) is 95.6 cm³/mol. The van der Waals surface area contributed by atoms with E-state index in [1.54, 1.807) is 10.6 Å². The maximum absolute atomic E-state index is 12.9. The third kappa shape index (κ3) is 2.11. The van der Waals surface area contributed by atoms with Gasteiger partial charge in [0.1, 0.15) is 0 Å². The van der Waals surface area contributed by atoms with Crippen LogP contribution in [0.1, 0.15) is 15.9 Å². The molecule has 1 heterocycles. The quantitative estimate of drug-likeness (QED) is 0.583. The molecule has 0 saturated carbocycles. The molecular weight excluding hydrogens is 300 g/mol. The van der Waals surface area contributed by atoms with Crippen LogP contribution in [0.25, 0.3) is 22.0 Å². The number of benzene rings is 2. The van der Waals surface area contributed by atoms with E-state index in [0.717, 1.165) is 28.6 Å². The van der Waals surface area contributed by atoms with Crippen LogP contribution in [0, 0.1) is 0 Å². The Hall–Kier alpha value is -2.72. The molecule has 2 aromatic carbocycles. The maximum Gasteiger partial charge on any atom is 0.251 e. The van der Waals surface area contributed by atoms with Gasteiger partial charge in [-0.3, -0.25) is 9.59 Å². The lowest BCUT2D eigenvalue weighted by Gasteiger charge is -2.22. The minimum Gasteiger partial charge on any atom is -0.308 e. The van der Waals surface area contributed by atoms with E-state index in [4.69, 9.17) is 0 Å². The van der Waals surface area contributed by atoms with Crippen molar-refractivity contribution in [2.75, 3.05) is 20.6 Å². The Morgan fingerprint density at radius 3 is 2.33 bits per heavy atom. The Kier molecular flexibility index (Phi) is 3.36. The second-order valence-electron chi connectivity index (χ2n) is 6.43. The summed E-state index contributed by atoms with van der Waals surface area (Å²) in [5.74, 6) is 0.0292. The summed E-state index contributed by atoms with van der Waals surface area (Å²) in [4.78, 5) is 27.6. The molecule has 0 fully saturated rings. The minimum atomic E-state index is -0.0272. The van der Waals surface area contributed by atoms with Crippen molar-refractivity contribution in [1.29, 1.82) is 0 Å². The predicted octanol–water partition coefficient (Wildman–Crippen LogP) is 2.77. The number of hydrogen-bond acceptors (Lipinski definition) is 3. The third-order valence-electron chi connectivity index (χ3n) is 4.61. The highest BCUT2D eigenvalue weighted by molar-refractivity contribution is 6.25. The standard InChI is InChI=1S/C20H18N2O2/c1-21(2)10-11-22-17-9-5-8-15-19(17)16(12-18(22)23)13-6-3-4-7-14(13)20(15)24/h3-9,12H,10-11H2,1-2H3. The van der Waals surface area contributed by atoms with Gasteiger partial charge in [-0.15, -0.1) is 0 Å². The molecule has 4 rings (SSSR count). The average molecular weight is 318 g/mol. The summed E-state index contributed by atoms with van der Waals surface area (Å²) < 4.78 is 1.77. The number of aromatic nitrogens is 1. The number of pyridine rings is 1. The normalized spacial score (nSPS) is 12.7. The number of carbonyl (C=O) groups is 1. The topological polar surface area (TPSA) is 42.3 Å². The third-order valence-corrected chi connectivity index (χ3v) is 4.61. The van der Waals surface area contributed by atoms with Crippen molar-refractivity contribution in [3.8, 4) is 11.1 Å². The highest BCUT2D eigenvalue weighted by atomic mass is 16.1. The molecule has 4 heteroatoms. The first-order valence-electron chi connectivity index (χ1n) is 8.03. The fourth-order valence-corrected chi connectivity index (χ4v) is 3.43. The van der Waals surface area contributed by atoms with Crippen molar-refractivity contribution in [3.05, 3.63) is 70.0 Å². The van der Waals surface area contributed by atoms with Gasteiger partial charge in [-0.1, -0.05) is 36.4 Å². The van der Waals surface area contributed by atoms with Crippen LogP contribution < -0.4 is 5.56 Å². The fourth-order valence-electron chi connectivity index (χ4n) is 3.43. The van der Waals surface area contributed by atoms with E-state index in [0.29, 0.717) is 17.7 Å². The maximum atomic E-state index is 12.9. The number of rotatable bonds is 3. The molecule has 24 heavy (non-hydrogen) atoms. The van der Waals surface area contributed by atoms with Crippen molar-refractivity contribution >= 4 is 16.7 Å². The van der Waals surface area contributed by atoms with Crippen LogP contribution in [-0.2, 0) is 6.54 Å². The molecule has 0 bridgehead atoms. The van der Waals surface area contributed by atoms with Gasteiger partial charge in [-0.05, 0) is 31.3 Å². The van der Waals surface area contributed by atoms with Gasteiger partial charge in [0, 0.05) is 35.7 Å². The first-order chi connectivity index (χ1) is 11.6. The zero-order valence-electron chi connectivity index (χ0n) is 13.7. The van der Waals surface area contributed by atoms with Crippen molar-refractivity contribution in [2.45, 2.75) is 6.54 Å². The molecule has 120 valence electrons. The molecule has 1 aromatic heterocycles. The number of carbonyl (C=O) groups excluding carboxylic acids is 1. The fraction of sp³-hybridized carbons (Fsp3) is 0.200. The van der Waals surface area contributed by atoms with Crippen LogP contribution in [0.15, 0.2) is 53.3 Å². The van der Waals surface area contributed by atoms with Crippen LogP contribution >= 0.6 is 0 Å². The number of hydrogen-bond donors (Lipinski definition) is 0. The van der Waals surface area contributed by atoms with Gasteiger partial charge in [-0.2, -0.15) is 0 Å². The second-order valence-corrected chi connectivity index (χ2v) is 6.43. The summed E-state index contributed by atoms with van der Waals surface area (Å²) in [5.41, 5.74) is 3.87. The largest absolute Gasteiger partial charge is 0.308 e. The van der Waals surface area contributed by atoms with Gasteiger partial charge >= 0.3 is 0 Å². The number of nitrogens with zero attached hydrogens (tertiary/aromatic N) is 2. The number of likely N-dealkylation sites (N-methyl/N-ethyl adjacent to an activating group) is 1. The summed E-state index contributed by atoms with van der Waals surface area (Å²) in [6.07, 6.45) is 0. The lowest BCUT2D eigenvalue weighted by molar-refractivity contribution is 0.104. The van der Waals surface area contributed by atoms with Crippen LogP contribution in [0.5, 0.6) is 0 Å². The van der Waals surface area contributed by atoms with Gasteiger partial charge in [0.05, 0.1) is 5.52 Å². The van der Waals surface area contributed by atoms with Crippen LogP contribution in [0.4, 0.5) is 0 Å². The number of ketones is 1. The lowest BCUT2D eigenvalue weighted by atomic mass is 9.84. The zero-order valence-corrected chi connectivity index (χ0v) is 13.7. The van der Waals surface area contributed by atoms with Crippen LogP contribution in [-0.4, -0.2) is 35.9 Å². The van der Waals surface area contributed by atoms with E-state index in [9.17, 15) is 9.59 Å². The van der Waals surface area contributed by atoms with Gasteiger partial charge < -0.3 is 9.47 Å². The van der Waals surface area contributed by atoms with E-state index >= 15 is 0 Å². The Morgan fingerprint density at radius 1 is 0.875 bits per heavy atom. The molecule has 0 N–H and O–H groups in total. The Bertz CT molecular complexity index is 1030. The van der Waals surface area contributed by atoms with E-state index in [2.05, 4.69) is 0 Å². The molecule has 0 amide bonds. The average Bonchev–Trinajstić information content (AvgIpc) is 2.58. The monoisotopic (exact) mass is 318 g/mol. The number of fused-ring (bicyclic) bond motifs is 2. The first-order valence-corrected chi connectivity index (χ1v) is 8.03. The minimum absolute atomic E-state index is 0.0272. The first kappa shape index (κ1) is 14.8. The summed E-state index contributed by atoms with van der Waals surface area (Å²) in [6.45, 7) is 1.37. The van der Waals surface area contributed by atoms with Crippen molar-refractivity contribution in [1.82, 2.24) is 9.47 Å². The van der Waals surface area contributed by atoms with E-state index in [-0.39, 0.29) is 11.3 Å².